The van der Waals surface area contributed by atoms with Gasteiger partial charge in [0.05, 0.1) is 5.02 Å². The van der Waals surface area contributed by atoms with Crippen LogP contribution >= 0.6 is 11.6 Å². The third-order valence-electron chi connectivity index (χ3n) is 1.89. The van der Waals surface area contributed by atoms with E-state index in [1.165, 1.54) is 0 Å². The van der Waals surface area contributed by atoms with Crippen molar-refractivity contribution >= 4 is 17.5 Å². The van der Waals surface area contributed by atoms with Crippen molar-refractivity contribution in [2.24, 2.45) is 7.05 Å². The Hall–Kier alpha value is -1.55. The first-order valence-corrected chi connectivity index (χ1v) is 4.47. The van der Waals surface area contributed by atoms with Crippen LogP contribution in [0.1, 0.15) is 0 Å². The van der Waals surface area contributed by atoms with E-state index in [1.54, 1.807) is 11.7 Å². The number of hydrogen-bond donors (Lipinski definition) is 1. The van der Waals surface area contributed by atoms with E-state index in [9.17, 15) is 0 Å². The molecule has 2 N–H and O–H groups in total. The van der Waals surface area contributed by atoms with Gasteiger partial charge in [0.1, 0.15) is 0 Å². The lowest BCUT2D eigenvalue weighted by Gasteiger charge is -2.01. The van der Waals surface area contributed by atoms with Crippen molar-refractivity contribution in [3.63, 3.8) is 0 Å². The minimum absolute atomic E-state index is 0.252. The highest BCUT2D eigenvalue weighted by atomic mass is 35.5. The Labute approximate surface area is 86.3 Å². The molecule has 5 heteroatoms. The van der Waals surface area contributed by atoms with E-state index in [1.807, 2.05) is 24.3 Å². The standard InChI is InChI=1S/C9H9ClN4/c1-14-8(12-9(11)13-14)6-4-2-3-5-7(6)10/h2-5H,1H3,(H2,11,13). The molecule has 72 valence electrons. The summed E-state index contributed by atoms with van der Waals surface area (Å²) in [5.41, 5.74) is 6.31. The number of aryl methyl sites for hydroxylation is 1. The maximum atomic E-state index is 6.02. The Morgan fingerprint density at radius 1 is 1.36 bits per heavy atom. The fraction of sp³-hybridized carbons (Fsp3) is 0.111. The first-order valence-electron chi connectivity index (χ1n) is 4.10. The van der Waals surface area contributed by atoms with Crippen LogP contribution in [0.5, 0.6) is 0 Å². The molecule has 0 amide bonds. The fourth-order valence-corrected chi connectivity index (χ4v) is 1.50. The summed E-state index contributed by atoms with van der Waals surface area (Å²) >= 11 is 6.02. The second-order valence-electron chi connectivity index (χ2n) is 2.90. The molecule has 1 aromatic carbocycles. The third kappa shape index (κ3) is 1.44. The van der Waals surface area contributed by atoms with Crippen LogP contribution in [0.25, 0.3) is 11.4 Å². The second kappa shape index (κ2) is 3.31. The summed E-state index contributed by atoms with van der Waals surface area (Å²) in [6.45, 7) is 0. The van der Waals surface area contributed by atoms with Crippen LogP contribution in [0.2, 0.25) is 5.02 Å². The molecule has 1 heterocycles. The normalized spacial score (nSPS) is 10.4. The van der Waals surface area contributed by atoms with E-state index >= 15 is 0 Å². The lowest BCUT2D eigenvalue weighted by Crippen LogP contribution is -1.95. The maximum absolute atomic E-state index is 6.02. The summed E-state index contributed by atoms with van der Waals surface area (Å²) < 4.78 is 1.61. The van der Waals surface area contributed by atoms with Crippen LogP contribution in [-0.4, -0.2) is 14.8 Å². The monoisotopic (exact) mass is 208 g/mol. The molecule has 0 aliphatic rings. The third-order valence-corrected chi connectivity index (χ3v) is 2.22. The Morgan fingerprint density at radius 3 is 2.64 bits per heavy atom. The summed E-state index contributed by atoms with van der Waals surface area (Å²) in [4.78, 5) is 4.09. The number of halogens is 1. The quantitative estimate of drug-likeness (QED) is 0.777. The SMILES string of the molecule is Cn1nc(N)nc1-c1ccccc1Cl. The number of nitrogens with two attached hydrogens (primary N) is 1. The molecule has 0 aliphatic carbocycles. The van der Waals surface area contributed by atoms with E-state index < -0.39 is 0 Å². The molecule has 4 nitrogen and oxygen atoms in total. The first kappa shape index (κ1) is 9.02. The van der Waals surface area contributed by atoms with E-state index in [-0.39, 0.29) is 5.95 Å². The molecule has 0 radical (unpaired) electrons. The molecular weight excluding hydrogens is 200 g/mol. The van der Waals surface area contributed by atoms with Crippen molar-refractivity contribution in [1.82, 2.24) is 14.8 Å². The van der Waals surface area contributed by atoms with Crippen molar-refractivity contribution in [1.29, 1.82) is 0 Å². The second-order valence-corrected chi connectivity index (χ2v) is 3.30. The van der Waals surface area contributed by atoms with E-state index in [0.29, 0.717) is 10.8 Å². The van der Waals surface area contributed by atoms with Crippen LogP contribution in [0.15, 0.2) is 24.3 Å². The lowest BCUT2D eigenvalue weighted by atomic mass is 10.2. The molecule has 1 aromatic heterocycles. The van der Waals surface area contributed by atoms with Gasteiger partial charge in [-0.1, -0.05) is 23.7 Å². The summed E-state index contributed by atoms with van der Waals surface area (Å²) in [6.07, 6.45) is 0. The van der Waals surface area contributed by atoms with Crippen LogP contribution < -0.4 is 5.73 Å². The molecule has 2 aromatic rings. The zero-order valence-electron chi connectivity index (χ0n) is 7.61. The summed E-state index contributed by atoms with van der Waals surface area (Å²) in [7, 11) is 1.78. The zero-order valence-corrected chi connectivity index (χ0v) is 8.36. The van der Waals surface area contributed by atoms with E-state index in [4.69, 9.17) is 17.3 Å². The van der Waals surface area contributed by atoms with Gasteiger partial charge in [0.25, 0.3) is 0 Å². The van der Waals surface area contributed by atoms with Crippen LogP contribution in [0, 0.1) is 0 Å². The van der Waals surface area contributed by atoms with Gasteiger partial charge in [-0.05, 0) is 12.1 Å². The highest BCUT2D eigenvalue weighted by Gasteiger charge is 2.09. The molecule has 14 heavy (non-hydrogen) atoms. The van der Waals surface area contributed by atoms with Crippen molar-refractivity contribution < 1.29 is 0 Å². The number of aromatic nitrogens is 3. The van der Waals surface area contributed by atoms with Gasteiger partial charge in [-0.25, -0.2) is 4.68 Å². The maximum Gasteiger partial charge on any atom is 0.240 e. The fourth-order valence-electron chi connectivity index (χ4n) is 1.28. The average Bonchev–Trinajstić information content (AvgIpc) is 2.46. The number of benzene rings is 1. The van der Waals surface area contributed by atoms with Gasteiger partial charge in [-0.3, -0.25) is 0 Å². The average molecular weight is 209 g/mol. The van der Waals surface area contributed by atoms with Gasteiger partial charge >= 0.3 is 0 Å². The minimum atomic E-state index is 0.252. The predicted molar refractivity (Wildman–Crippen MR) is 55.9 cm³/mol. The van der Waals surface area contributed by atoms with Crippen molar-refractivity contribution in [3.05, 3.63) is 29.3 Å². The molecule has 0 bridgehead atoms. The molecule has 0 saturated heterocycles. The molecular formula is C9H9ClN4. The van der Waals surface area contributed by atoms with Crippen molar-refractivity contribution in [3.8, 4) is 11.4 Å². The number of rotatable bonds is 1. The van der Waals surface area contributed by atoms with Gasteiger partial charge in [0.15, 0.2) is 5.82 Å². The van der Waals surface area contributed by atoms with Crippen molar-refractivity contribution in [2.75, 3.05) is 5.73 Å². The summed E-state index contributed by atoms with van der Waals surface area (Å²) in [5.74, 6) is 0.926. The smallest absolute Gasteiger partial charge is 0.240 e. The number of nitrogen functional groups attached to an aromatic ring is 1. The van der Waals surface area contributed by atoms with Gasteiger partial charge in [-0.15, -0.1) is 5.10 Å². The molecule has 0 aliphatic heterocycles. The Balaban J connectivity index is 2.60. The highest BCUT2D eigenvalue weighted by Crippen LogP contribution is 2.25. The predicted octanol–water partition coefficient (Wildman–Crippen LogP) is 1.72. The summed E-state index contributed by atoms with van der Waals surface area (Å²) in [6, 6.07) is 7.45. The number of anilines is 1. The van der Waals surface area contributed by atoms with Gasteiger partial charge in [0.2, 0.25) is 5.95 Å². The molecule has 0 atom stereocenters. The van der Waals surface area contributed by atoms with Crippen LogP contribution in [0.3, 0.4) is 0 Å². The lowest BCUT2D eigenvalue weighted by molar-refractivity contribution is 0.778. The van der Waals surface area contributed by atoms with Crippen molar-refractivity contribution in [2.45, 2.75) is 0 Å². The molecule has 0 saturated carbocycles. The van der Waals surface area contributed by atoms with Gasteiger partial charge in [-0.2, -0.15) is 4.98 Å². The Morgan fingerprint density at radius 2 is 2.07 bits per heavy atom. The topological polar surface area (TPSA) is 56.7 Å². The summed E-state index contributed by atoms with van der Waals surface area (Å²) in [5, 5.41) is 4.59. The van der Waals surface area contributed by atoms with Gasteiger partial charge < -0.3 is 5.73 Å². The zero-order chi connectivity index (χ0) is 10.1. The molecule has 0 unspecified atom stereocenters. The largest absolute Gasteiger partial charge is 0.366 e. The number of hydrogen-bond acceptors (Lipinski definition) is 3. The minimum Gasteiger partial charge on any atom is -0.366 e. The van der Waals surface area contributed by atoms with Gasteiger partial charge in [0, 0.05) is 12.6 Å². The van der Waals surface area contributed by atoms with Crippen LogP contribution in [0.4, 0.5) is 5.95 Å². The molecule has 2 rings (SSSR count). The number of nitrogens with zero attached hydrogens (tertiary/aromatic N) is 3. The van der Waals surface area contributed by atoms with E-state index in [0.717, 1.165) is 5.56 Å². The van der Waals surface area contributed by atoms with Crippen LogP contribution in [-0.2, 0) is 7.05 Å². The Bertz CT molecular complexity index is 464. The first-order chi connectivity index (χ1) is 6.68. The van der Waals surface area contributed by atoms with E-state index in [2.05, 4.69) is 10.1 Å². The highest BCUT2D eigenvalue weighted by molar-refractivity contribution is 6.33. The molecule has 0 fully saturated rings. The molecule has 0 spiro atoms. The Kier molecular flexibility index (Phi) is 2.13.